The average molecular weight is 266 g/mol. The molecule has 2 N–H and O–H groups in total. The molecule has 3 rings (SSSR count). The second-order valence-corrected chi connectivity index (χ2v) is 5.52. The van der Waals surface area contributed by atoms with E-state index in [1.165, 1.54) is 12.1 Å². The number of hydrogen-bond acceptors (Lipinski definition) is 2. The zero-order valence-corrected chi connectivity index (χ0v) is 10.3. The van der Waals surface area contributed by atoms with Gasteiger partial charge in [-0.1, -0.05) is 11.6 Å². The molecule has 4 nitrogen and oxygen atoms in total. The Hall–Kier alpha value is -1.55. The Labute approximate surface area is 109 Å². The summed E-state index contributed by atoms with van der Waals surface area (Å²) in [4.78, 5) is 22.7. The first-order valence-corrected chi connectivity index (χ1v) is 6.23. The lowest BCUT2D eigenvalue weighted by Gasteiger charge is -2.06. The summed E-state index contributed by atoms with van der Waals surface area (Å²) in [6.45, 7) is 0. The smallest absolute Gasteiger partial charge is 0.337 e. The molecular formula is C13H12ClNO3. The van der Waals surface area contributed by atoms with Crippen molar-refractivity contribution in [3.8, 4) is 0 Å². The molecule has 0 saturated heterocycles. The van der Waals surface area contributed by atoms with Crippen molar-refractivity contribution >= 4 is 29.2 Å². The van der Waals surface area contributed by atoms with Crippen molar-refractivity contribution in [3.63, 3.8) is 0 Å². The van der Waals surface area contributed by atoms with Crippen LogP contribution in [-0.2, 0) is 4.79 Å². The van der Waals surface area contributed by atoms with Crippen LogP contribution in [0.1, 0.15) is 29.6 Å². The predicted octanol–water partition coefficient (Wildman–Crippen LogP) is 2.78. The van der Waals surface area contributed by atoms with Gasteiger partial charge in [-0.05, 0) is 42.9 Å². The van der Waals surface area contributed by atoms with E-state index in [1.54, 1.807) is 6.07 Å². The Bertz CT molecular complexity index is 551. The summed E-state index contributed by atoms with van der Waals surface area (Å²) in [5.41, 5.74) is 0.909. The number of anilines is 1. The second-order valence-electron chi connectivity index (χ2n) is 5.11. The summed E-state index contributed by atoms with van der Waals surface area (Å²) in [6.07, 6.45) is 3.30. The van der Waals surface area contributed by atoms with E-state index in [-0.39, 0.29) is 22.4 Å². The lowest BCUT2D eigenvalue weighted by molar-refractivity contribution is -0.117. The van der Waals surface area contributed by atoms with E-state index in [0.717, 1.165) is 19.3 Å². The van der Waals surface area contributed by atoms with Crippen molar-refractivity contribution in [3.05, 3.63) is 28.8 Å². The summed E-state index contributed by atoms with van der Waals surface area (Å²) < 4.78 is 0. The van der Waals surface area contributed by atoms with Crippen LogP contribution >= 0.6 is 11.6 Å². The number of aromatic carboxylic acids is 1. The molecule has 2 saturated carbocycles. The molecule has 2 aliphatic carbocycles. The molecular weight excluding hydrogens is 254 g/mol. The van der Waals surface area contributed by atoms with E-state index < -0.39 is 5.97 Å². The lowest BCUT2D eigenvalue weighted by atomic mass is 10.2. The standard InChI is InChI=1S/C13H12ClNO3/c14-10-5-7(1-2-8(10)12(17)18)15-11(16)9-6-13(9)3-4-13/h1-2,5,9H,3-4,6H2,(H,15,16)(H,17,18). The van der Waals surface area contributed by atoms with Crippen LogP contribution in [0.25, 0.3) is 0 Å². The molecule has 1 amide bonds. The summed E-state index contributed by atoms with van der Waals surface area (Å²) in [5, 5.41) is 11.8. The number of carbonyl (C=O) groups is 2. The predicted molar refractivity (Wildman–Crippen MR) is 66.8 cm³/mol. The van der Waals surface area contributed by atoms with E-state index in [1.807, 2.05) is 0 Å². The molecule has 18 heavy (non-hydrogen) atoms. The number of carboxylic acids is 1. The first-order valence-electron chi connectivity index (χ1n) is 5.86. The van der Waals surface area contributed by atoms with E-state index >= 15 is 0 Å². The summed E-state index contributed by atoms with van der Waals surface area (Å²) in [7, 11) is 0. The normalized spacial score (nSPS) is 22.6. The van der Waals surface area contributed by atoms with Crippen LogP contribution in [0.3, 0.4) is 0 Å². The van der Waals surface area contributed by atoms with Crippen molar-refractivity contribution in [2.75, 3.05) is 5.32 Å². The number of hydrogen-bond donors (Lipinski definition) is 2. The molecule has 1 unspecified atom stereocenters. The molecule has 0 aliphatic heterocycles. The Morgan fingerprint density at radius 1 is 1.39 bits per heavy atom. The van der Waals surface area contributed by atoms with Gasteiger partial charge in [0.2, 0.25) is 5.91 Å². The van der Waals surface area contributed by atoms with Crippen molar-refractivity contribution in [2.24, 2.45) is 11.3 Å². The molecule has 0 aromatic heterocycles. The first kappa shape index (κ1) is 11.5. The van der Waals surface area contributed by atoms with Gasteiger partial charge in [-0.15, -0.1) is 0 Å². The maximum Gasteiger partial charge on any atom is 0.337 e. The van der Waals surface area contributed by atoms with Crippen LogP contribution in [0.2, 0.25) is 5.02 Å². The van der Waals surface area contributed by atoms with Crippen LogP contribution in [0.15, 0.2) is 18.2 Å². The monoisotopic (exact) mass is 265 g/mol. The number of amides is 1. The van der Waals surface area contributed by atoms with E-state index in [4.69, 9.17) is 16.7 Å². The quantitative estimate of drug-likeness (QED) is 0.883. The number of halogens is 1. The highest BCUT2D eigenvalue weighted by Crippen LogP contribution is 2.70. The van der Waals surface area contributed by atoms with Crippen molar-refractivity contribution in [1.29, 1.82) is 0 Å². The maximum absolute atomic E-state index is 11.9. The summed E-state index contributed by atoms with van der Waals surface area (Å²) >= 11 is 5.84. The Balaban J connectivity index is 1.71. The molecule has 0 bridgehead atoms. The number of nitrogens with one attached hydrogen (secondary N) is 1. The minimum atomic E-state index is -1.07. The Morgan fingerprint density at radius 2 is 2.11 bits per heavy atom. The third-order valence-electron chi connectivity index (χ3n) is 3.87. The van der Waals surface area contributed by atoms with Crippen LogP contribution in [-0.4, -0.2) is 17.0 Å². The van der Waals surface area contributed by atoms with Crippen molar-refractivity contribution in [1.82, 2.24) is 0 Å². The average Bonchev–Trinajstić information content (AvgIpc) is 3.19. The van der Waals surface area contributed by atoms with E-state index in [0.29, 0.717) is 11.1 Å². The molecule has 1 atom stereocenters. The fraction of sp³-hybridized carbons (Fsp3) is 0.385. The zero-order chi connectivity index (χ0) is 12.9. The van der Waals surface area contributed by atoms with Crippen molar-refractivity contribution in [2.45, 2.75) is 19.3 Å². The van der Waals surface area contributed by atoms with Crippen LogP contribution in [0, 0.1) is 11.3 Å². The number of benzene rings is 1. The maximum atomic E-state index is 11.9. The second kappa shape index (κ2) is 3.72. The Kier molecular flexibility index (Phi) is 2.38. The molecule has 5 heteroatoms. The van der Waals surface area contributed by atoms with Gasteiger partial charge in [0.05, 0.1) is 10.6 Å². The highest BCUT2D eigenvalue weighted by atomic mass is 35.5. The molecule has 1 aromatic carbocycles. The molecule has 0 radical (unpaired) electrons. The fourth-order valence-corrected chi connectivity index (χ4v) is 2.69. The summed E-state index contributed by atoms with van der Waals surface area (Å²) in [6, 6.07) is 4.44. The lowest BCUT2D eigenvalue weighted by Crippen LogP contribution is -2.15. The first-order chi connectivity index (χ1) is 8.52. The van der Waals surface area contributed by atoms with Gasteiger partial charge < -0.3 is 10.4 Å². The van der Waals surface area contributed by atoms with Gasteiger partial charge in [-0.3, -0.25) is 4.79 Å². The third-order valence-corrected chi connectivity index (χ3v) is 4.18. The topological polar surface area (TPSA) is 66.4 Å². The number of carbonyl (C=O) groups excluding carboxylic acids is 1. The molecule has 0 heterocycles. The molecule has 94 valence electrons. The van der Waals surface area contributed by atoms with Crippen LogP contribution < -0.4 is 5.32 Å². The highest BCUT2D eigenvalue weighted by Gasteiger charge is 2.65. The van der Waals surface area contributed by atoms with Crippen molar-refractivity contribution < 1.29 is 14.7 Å². The van der Waals surface area contributed by atoms with E-state index in [2.05, 4.69) is 5.32 Å². The summed E-state index contributed by atoms with van der Waals surface area (Å²) in [5.74, 6) is -0.918. The molecule has 1 aromatic rings. The zero-order valence-electron chi connectivity index (χ0n) is 9.57. The molecule has 1 spiro atoms. The van der Waals surface area contributed by atoms with E-state index in [9.17, 15) is 9.59 Å². The van der Waals surface area contributed by atoms with Gasteiger partial charge in [-0.25, -0.2) is 4.79 Å². The van der Waals surface area contributed by atoms with Gasteiger partial charge in [0.1, 0.15) is 0 Å². The molecule has 2 aliphatic rings. The Morgan fingerprint density at radius 3 is 2.61 bits per heavy atom. The number of carboxylic acid groups (broad SMARTS) is 1. The molecule has 2 fully saturated rings. The fourth-order valence-electron chi connectivity index (χ4n) is 2.43. The van der Waals surface area contributed by atoms with Gasteiger partial charge in [0, 0.05) is 11.6 Å². The van der Waals surface area contributed by atoms with Crippen LogP contribution in [0.5, 0.6) is 0 Å². The van der Waals surface area contributed by atoms with Gasteiger partial charge >= 0.3 is 5.97 Å². The van der Waals surface area contributed by atoms with Gasteiger partial charge in [-0.2, -0.15) is 0 Å². The third kappa shape index (κ3) is 1.86. The SMILES string of the molecule is O=C(O)c1ccc(NC(=O)C2CC23CC3)cc1Cl. The minimum Gasteiger partial charge on any atom is -0.478 e. The van der Waals surface area contributed by atoms with Crippen LogP contribution in [0.4, 0.5) is 5.69 Å². The van der Waals surface area contributed by atoms with Gasteiger partial charge in [0.25, 0.3) is 0 Å². The largest absolute Gasteiger partial charge is 0.478 e. The number of rotatable bonds is 3. The van der Waals surface area contributed by atoms with Gasteiger partial charge in [0.15, 0.2) is 0 Å². The highest BCUT2D eigenvalue weighted by molar-refractivity contribution is 6.33. The minimum absolute atomic E-state index is 0.0200.